The molecule has 2 nitrogen and oxygen atoms in total. The first-order chi connectivity index (χ1) is 3.18. The van der Waals surface area contributed by atoms with Crippen LogP contribution in [0.4, 0.5) is 0 Å². The quantitative estimate of drug-likeness (QED) is 0.354. The summed E-state index contributed by atoms with van der Waals surface area (Å²) in [7, 11) is 1.29. The van der Waals surface area contributed by atoms with Gasteiger partial charge in [-0.15, -0.1) is 0 Å². The predicted octanol–water partition coefficient (Wildman–Crippen LogP) is 0.539. The van der Waals surface area contributed by atoms with Crippen LogP contribution in [0.15, 0.2) is 5.57 Å². The normalized spacial score (nSPS) is 7.71. The van der Waals surface area contributed by atoms with Crippen LogP contribution in [-0.4, -0.2) is 13.1 Å². The minimum absolute atomic E-state index is 0.183. The Hall–Kier alpha value is -0.790. The molecule has 0 saturated heterocycles. The summed E-state index contributed by atoms with van der Waals surface area (Å²) < 4.78 is 4.21. The lowest BCUT2D eigenvalue weighted by Gasteiger charge is -1.91. The average Bonchev–Trinajstić information content (AvgIpc) is 1.65. The number of methoxy groups -OCH3 is 1. The van der Waals surface area contributed by atoms with Gasteiger partial charge in [-0.3, -0.25) is 0 Å². The summed E-state index contributed by atoms with van der Waals surface area (Å²) >= 11 is 0. The van der Waals surface area contributed by atoms with E-state index in [9.17, 15) is 4.79 Å². The van der Waals surface area contributed by atoms with Crippen molar-refractivity contribution in [1.82, 2.24) is 0 Å². The van der Waals surface area contributed by atoms with Gasteiger partial charge in [0.1, 0.15) is 0 Å². The second-order valence-electron chi connectivity index (χ2n) is 1.17. The number of carbonyl (C=O) groups is 1. The Labute approximate surface area is 42.8 Å². The molecule has 0 saturated carbocycles. The Morgan fingerprint density at radius 2 is 2.14 bits per heavy atom. The van der Waals surface area contributed by atoms with Crippen LogP contribution >= 0.6 is 0 Å². The van der Waals surface area contributed by atoms with Crippen molar-refractivity contribution in [2.24, 2.45) is 0 Å². The molecule has 2 heteroatoms. The number of esters is 1. The van der Waals surface area contributed by atoms with Crippen LogP contribution < -0.4 is 0 Å². The van der Waals surface area contributed by atoms with Crippen molar-refractivity contribution in [1.29, 1.82) is 0 Å². The molecule has 39 valence electrons. The van der Waals surface area contributed by atoms with Crippen molar-refractivity contribution < 1.29 is 9.53 Å². The molecular formula is C5H7O2. The zero-order valence-corrected chi connectivity index (χ0v) is 4.39. The third-order valence-electron chi connectivity index (χ3n) is 0.507. The van der Waals surface area contributed by atoms with Crippen LogP contribution in [0.3, 0.4) is 0 Å². The van der Waals surface area contributed by atoms with Gasteiger partial charge < -0.3 is 4.74 Å². The average molecular weight is 99.1 g/mol. The van der Waals surface area contributed by atoms with Gasteiger partial charge in [0.25, 0.3) is 0 Å². The number of hydrogen-bond donors (Lipinski definition) is 0. The lowest BCUT2D eigenvalue weighted by Crippen LogP contribution is -1.99. The number of hydrogen-bond acceptors (Lipinski definition) is 2. The fourth-order valence-electron chi connectivity index (χ4n) is 0.161. The Morgan fingerprint density at radius 1 is 1.71 bits per heavy atom. The van der Waals surface area contributed by atoms with E-state index in [0.29, 0.717) is 0 Å². The molecule has 0 bridgehead atoms. The van der Waals surface area contributed by atoms with E-state index in [-0.39, 0.29) is 5.57 Å². The summed E-state index contributed by atoms with van der Waals surface area (Å²) in [6.45, 7) is 6.48. The predicted molar refractivity (Wildman–Crippen MR) is 25.5 cm³/mol. The largest absolute Gasteiger partial charge is 0.466 e. The van der Waals surface area contributed by atoms with E-state index in [2.05, 4.69) is 4.74 Å². The van der Waals surface area contributed by atoms with Crippen molar-refractivity contribution in [2.75, 3.05) is 7.11 Å². The molecule has 0 rings (SSSR count). The van der Waals surface area contributed by atoms with E-state index in [4.69, 9.17) is 6.58 Å². The van der Waals surface area contributed by atoms with Gasteiger partial charge in [0.2, 0.25) is 0 Å². The zero-order chi connectivity index (χ0) is 5.86. The van der Waals surface area contributed by atoms with Crippen molar-refractivity contribution >= 4 is 5.97 Å². The molecule has 0 aromatic carbocycles. The highest BCUT2D eigenvalue weighted by molar-refractivity contribution is 5.86. The van der Waals surface area contributed by atoms with Gasteiger partial charge >= 0.3 is 5.97 Å². The van der Waals surface area contributed by atoms with Crippen LogP contribution in [0.2, 0.25) is 0 Å². The molecule has 0 amide bonds. The van der Waals surface area contributed by atoms with Crippen LogP contribution in [-0.2, 0) is 9.53 Å². The van der Waals surface area contributed by atoms with Crippen LogP contribution in [0.1, 0.15) is 6.92 Å². The second kappa shape index (κ2) is 2.39. The summed E-state index contributed by atoms with van der Waals surface area (Å²) in [6, 6.07) is 0. The molecule has 0 unspecified atom stereocenters. The summed E-state index contributed by atoms with van der Waals surface area (Å²) in [6.07, 6.45) is 0. The summed E-state index contributed by atoms with van der Waals surface area (Å²) in [5.41, 5.74) is 0.183. The maximum Gasteiger partial charge on any atom is 0.333 e. The lowest BCUT2D eigenvalue weighted by molar-refractivity contribution is -0.136. The molecule has 0 atom stereocenters. The molecule has 0 aliphatic carbocycles. The van der Waals surface area contributed by atoms with E-state index >= 15 is 0 Å². The molecule has 0 spiro atoms. The third kappa shape index (κ3) is 1.98. The first kappa shape index (κ1) is 6.21. The molecule has 0 fully saturated rings. The van der Waals surface area contributed by atoms with E-state index < -0.39 is 5.97 Å². The summed E-state index contributed by atoms with van der Waals surface area (Å²) in [5.74, 6) is -0.458. The van der Waals surface area contributed by atoms with Gasteiger partial charge in [-0.1, -0.05) is 6.58 Å². The van der Waals surface area contributed by atoms with Gasteiger partial charge in [0.05, 0.1) is 7.11 Å². The minimum atomic E-state index is -0.458. The van der Waals surface area contributed by atoms with Crippen molar-refractivity contribution in [3.63, 3.8) is 0 Å². The Balaban J connectivity index is 3.58. The molecule has 0 heterocycles. The lowest BCUT2D eigenvalue weighted by atomic mass is 10.4. The maximum absolute atomic E-state index is 10.1. The summed E-state index contributed by atoms with van der Waals surface area (Å²) in [4.78, 5) is 10.1. The Bertz CT molecular complexity index is 94.3. The highest BCUT2D eigenvalue weighted by atomic mass is 16.5. The highest BCUT2D eigenvalue weighted by Gasteiger charge is 1.95. The number of rotatable bonds is 1. The maximum atomic E-state index is 10.1. The minimum Gasteiger partial charge on any atom is -0.466 e. The first-order valence-electron chi connectivity index (χ1n) is 1.86. The molecule has 0 aliphatic heterocycles. The van der Waals surface area contributed by atoms with Gasteiger partial charge in [-0.25, -0.2) is 4.79 Å². The van der Waals surface area contributed by atoms with Gasteiger partial charge in [-0.2, -0.15) is 0 Å². The van der Waals surface area contributed by atoms with Gasteiger partial charge in [-0.05, 0) is 6.92 Å². The fourth-order valence-corrected chi connectivity index (χ4v) is 0.161. The van der Waals surface area contributed by atoms with Gasteiger partial charge in [0.15, 0.2) is 0 Å². The molecule has 0 aromatic heterocycles. The monoisotopic (exact) mass is 99.0 g/mol. The molecular weight excluding hydrogens is 92.1 g/mol. The molecule has 7 heavy (non-hydrogen) atoms. The number of carbonyl (C=O) groups excluding carboxylic acids is 1. The van der Waals surface area contributed by atoms with Crippen molar-refractivity contribution in [3.8, 4) is 0 Å². The van der Waals surface area contributed by atoms with Gasteiger partial charge in [0, 0.05) is 5.57 Å². The Morgan fingerprint density at radius 3 is 2.14 bits per heavy atom. The van der Waals surface area contributed by atoms with Crippen LogP contribution in [0.25, 0.3) is 0 Å². The van der Waals surface area contributed by atoms with E-state index in [0.717, 1.165) is 0 Å². The molecule has 1 radical (unpaired) electrons. The Kier molecular flexibility index (Phi) is 2.12. The molecule has 0 aliphatic rings. The van der Waals surface area contributed by atoms with Crippen molar-refractivity contribution in [3.05, 3.63) is 12.2 Å². The SMILES string of the molecule is [CH]=C(C)C(=O)OC. The molecule has 0 N–H and O–H groups in total. The van der Waals surface area contributed by atoms with E-state index in [1.54, 1.807) is 0 Å². The standard InChI is InChI=1S/C5H7O2/c1-4(2)5(6)7-3/h1H,2-3H3. The third-order valence-corrected chi connectivity index (χ3v) is 0.507. The number of ether oxygens (including phenoxy) is 1. The smallest absolute Gasteiger partial charge is 0.333 e. The molecule has 0 aromatic rings. The summed E-state index contributed by atoms with van der Waals surface area (Å²) in [5, 5.41) is 0. The van der Waals surface area contributed by atoms with Crippen molar-refractivity contribution in [2.45, 2.75) is 6.92 Å². The van der Waals surface area contributed by atoms with Crippen LogP contribution in [0.5, 0.6) is 0 Å². The van der Waals surface area contributed by atoms with Crippen LogP contribution in [0, 0.1) is 6.58 Å². The first-order valence-corrected chi connectivity index (χ1v) is 1.86. The topological polar surface area (TPSA) is 26.3 Å². The second-order valence-corrected chi connectivity index (χ2v) is 1.17. The van der Waals surface area contributed by atoms with E-state index in [1.165, 1.54) is 14.0 Å². The zero-order valence-electron chi connectivity index (χ0n) is 4.39. The van der Waals surface area contributed by atoms with E-state index in [1.807, 2.05) is 0 Å². The highest BCUT2D eigenvalue weighted by Crippen LogP contribution is 1.86. The fraction of sp³-hybridized carbons (Fsp3) is 0.400.